The van der Waals surface area contributed by atoms with Crippen molar-refractivity contribution in [1.82, 2.24) is 9.55 Å². The lowest BCUT2D eigenvalue weighted by Gasteiger charge is -2.14. The summed E-state index contributed by atoms with van der Waals surface area (Å²) in [7, 11) is 0. The summed E-state index contributed by atoms with van der Waals surface area (Å²) < 4.78 is 1.68. The van der Waals surface area contributed by atoms with Gasteiger partial charge in [0.15, 0.2) is 5.82 Å². The van der Waals surface area contributed by atoms with Crippen LogP contribution in [0.3, 0.4) is 0 Å². The van der Waals surface area contributed by atoms with Crippen molar-refractivity contribution in [2.24, 2.45) is 0 Å². The van der Waals surface area contributed by atoms with Crippen molar-refractivity contribution in [2.45, 2.75) is 38.3 Å². The minimum absolute atomic E-state index is 0.0549. The van der Waals surface area contributed by atoms with Gasteiger partial charge in [0.25, 0.3) is 5.56 Å². The van der Waals surface area contributed by atoms with Crippen LogP contribution in [0, 0.1) is 0 Å². The largest absolute Gasteiger partial charge is 0.359 e. The van der Waals surface area contributed by atoms with Crippen LogP contribution < -0.4 is 10.9 Å². The summed E-state index contributed by atoms with van der Waals surface area (Å²) in [4.78, 5) is 16.1. The first kappa shape index (κ1) is 11.5. The third-order valence-electron chi connectivity index (χ3n) is 2.87. The van der Waals surface area contributed by atoms with Crippen LogP contribution in [0.4, 0.5) is 5.82 Å². The highest BCUT2D eigenvalue weighted by molar-refractivity contribution is 6.19. The van der Waals surface area contributed by atoms with Crippen molar-refractivity contribution >= 4 is 17.4 Å². The molecular weight excluding hydrogens is 226 g/mol. The van der Waals surface area contributed by atoms with Gasteiger partial charge in [-0.15, -0.1) is 11.6 Å². The summed E-state index contributed by atoms with van der Waals surface area (Å²) in [6, 6.07) is 0. The first-order valence-electron chi connectivity index (χ1n) is 5.60. The highest BCUT2D eigenvalue weighted by atomic mass is 35.5. The van der Waals surface area contributed by atoms with Gasteiger partial charge in [0, 0.05) is 24.8 Å². The second kappa shape index (κ2) is 4.45. The Morgan fingerprint density at radius 2 is 2.38 bits per heavy atom. The van der Waals surface area contributed by atoms with E-state index in [0.29, 0.717) is 11.7 Å². The summed E-state index contributed by atoms with van der Waals surface area (Å²) in [5.74, 6) is 0.950. The number of anilines is 1. The number of nitrogens with zero attached hydrogens (tertiary/aromatic N) is 2. The number of aryl methyl sites for hydroxylation is 1. The standard InChI is InChI=1S/C11H16ClN3O/c1-2-6-15-7-5-13-9(10(15)16)14-11(8-12)3-4-11/h5,7H,2-4,6,8H2,1H3,(H,13,14). The molecule has 16 heavy (non-hydrogen) atoms. The van der Waals surface area contributed by atoms with Crippen LogP contribution >= 0.6 is 11.6 Å². The maximum atomic E-state index is 12.0. The highest BCUT2D eigenvalue weighted by Gasteiger charge is 2.42. The fourth-order valence-corrected chi connectivity index (χ4v) is 1.98. The van der Waals surface area contributed by atoms with Gasteiger partial charge in [-0.2, -0.15) is 0 Å². The molecule has 0 unspecified atom stereocenters. The molecule has 1 aromatic rings. The Bertz CT molecular complexity index is 425. The molecule has 0 aliphatic heterocycles. The van der Waals surface area contributed by atoms with E-state index in [2.05, 4.69) is 10.3 Å². The summed E-state index contributed by atoms with van der Waals surface area (Å²) >= 11 is 5.86. The SMILES string of the molecule is CCCn1ccnc(NC2(CCl)CC2)c1=O. The van der Waals surface area contributed by atoms with E-state index >= 15 is 0 Å². The lowest BCUT2D eigenvalue weighted by atomic mass is 10.3. The van der Waals surface area contributed by atoms with Gasteiger partial charge >= 0.3 is 0 Å². The van der Waals surface area contributed by atoms with Gasteiger partial charge in [-0.25, -0.2) is 4.98 Å². The summed E-state index contributed by atoms with van der Waals surface area (Å²) in [5.41, 5.74) is -0.139. The molecule has 2 rings (SSSR count). The van der Waals surface area contributed by atoms with E-state index in [4.69, 9.17) is 11.6 Å². The summed E-state index contributed by atoms with van der Waals surface area (Å²) in [6.45, 7) is 2.77. The Balaban J connectivity index is 2.21. The van der Waals surface area contributed by atoms with E-state index in [0.717, 1.165) is 25.8 Å². The molecular formula is C11H16ClN3O. The monoisotopic (exact) mass is 241 g/mol. The van der Waals surface area contributed by atoms with Crippen LogP contribution in [0.5, 0.6) is 0 Å². The number of alkyl halides is 1. The van der Waals surface area contributed by atoms with Gasteiger partial charge in [-0.3, -0.25) is 4.79 Å². The fourth-order valence-electron chi connectivity index (χ4n) is 1.64. The topological polar surface area (TPSA) is 46.9 Å². The molecule has 5 heteroatoms. The van der Waals surface area contributed by atoms with E-state index in [-0.39, 0.29) is 11.1 Å². The van der Waals surface area contributed by atoms with Crippen molar-refractivity contribution < 1.29 is 0 Å². The molecule has 1 aliphatic rings. The fraction of sp³-hybridized carbons (Fsp3) is 0.636. The second-order valence-corrected chi connectivity index (χ2v) is 4.58. The molecule has 0 atom stereocenters. The van der Waals surface area contributed by atoms with Crippen LogP contribution in [0.2, 0.25) is 0 Å². The Morgan fingerprint density at radius 1 is 1.62 bits per heavy atom. The molecule has 1 heterocycles. The van der Waals surface area contributed by atoms with Crippen molar-refractivity contribution in [2.75, 3.05) is 11.2 Å². The number of hydrogen-bond acceptors (Lipinski definition) is 3. The van der Waals surface area contributed by atoms with Gasteiger partial charge < -0.3 is 9.88 Å². The second-order valence-electron chi connectivity index (χ2n) is 4.31. The Hall–Kier alpha value is -1.03. The average molecular weight is 242 g/mol. The number of aromatic nitrogens is 2. The van der Waals surface area contributed by atoms with Crippen LogP contribution in [-0.2, 0) is 6.54 Å². The van der Waals surface area contributed by atoms with Crippen LogP contribution in [0.25, 0.3) is 0 Å². The van der Waals surface area contributed by atoms with Crippen molar-refractivity contribution in [3.05, 3.63) is 22.7 Å². The summed E-state index contributed by atoms with van der Waals surface area (Å²) in [6.07, 6.45) is 6.34. The molecule has 0 bridgehead atoms. The van der Waals surface area contributed by atoms with Gasteiger partial charge in [0.1, 0.15) is 0 Å². The summed E-state index contributed by atoms with van der Waals surface area (Å²) in [5, 5.41) is 3.17. The molecule has 88 valence electrons. The van der Waals surface area contributed by atoms with E-state index in [1.165, 1.54) is 0 Å². The number of hydrogen-bond donors (Lipinski definition) is 1. The van der Waals surface area contributed by atoms with Gasteiger partial charge in [0.05, 0.1) is 5.54 Å². The minimum Gasteiger partial charge on any atom is -0.359 e. The molecule has 0 spiro atoms. The van der Waals surface area contributed by atoms with Gasteiger partial charge in [-0.05, 0) is 19.3 Å². The predicted octanol–water partition coefficient (Wildman–Crippen LogP) is 1.84. The number of halogens is 1. The minimum atomic E-state index is -0.0842. The quantitative estimate of drug-likeness (QED) is 0.801. The zero-order valence-electron chi connectivity index (χ0n) is 9.37. The Morgan fingerprint density at radius 3 is 2.94 bits per heavy atom. The van der Waals surface area contributed by atoms with Gasteiger partial charge in [-0.1, -0.05) is 6.92 Å². The first-order valence-corrected chi connectivity index (χ1v) is 6.14. The average Bonchev–Trinajstić information content (AvgIpc) is 3.05. The van der Waals surface area contributed by atoms with E-state index in [1.807, 2.05) is 6.92 Å². The highest BCUT2D eigenvalue weighted by Crippen LogP contribution is 2.38. The zero-order chi connectivity index (χ0) is 11.6. The van der Waals surface area contributed by atoms with Crippen LogP contribution in [0.15, 0.2) is 17.2 Å². The third-order valence-corrected chi connectivity index (χ3v) is 3.38. The van der Waals surface area contributed by atoms with Crippen molar-refractivity contribution in [3.8, 4) is 0 Å². The molecule has 4 nitrogen and oxygen atoms in total. The maximum Gasteiger partial charge on any atom is 0.293 e. The lowest BCUT2D eigenvalue weighted by molar-refractivity contribution is 0.647. The molecule has 0 amide bonds. The molecule has 0 saturated heterocycles. The van der Waals surface area contributed by atoms with Crippen LogP contribution in [-0.4, -0.2) is 21.0 Å². The molecule has 1 saturated carbocycles. The number of rotatable bonds is 5. The Labute approximate surface area is 99.6 Å². The van der Waals surface area contributed by atoms with E-state index in [9.17, 15) is 4.79 Å². The van der Waals surface area contributed by atoms with E-state index in [1.54, 1.807) is 17.0 Å². The number of nitrogens with one attached hydrogen (secondary N) is 1. The molecule has 0 aromatic carbocycles. The van der Waals surface area contributed by atoms with Gasteiger partial charge in [0.2, 0.25) is 0 Å². The first-order chi connectivity index (χ1) is 7.71. The molecule has 1 fully saturated rings. The molecule has 1 N–H and O–H groups in total. The molecule has 0 radical (unpaired) electrons. The lowest BCUT2D eigenvalue weighted by Crippen LogP contribution is -2.31. The Kier molecular flexibility index (Phi) is 3.19. The van der Waals surface area contributed by atoms with Crippen LogP contribution in [0.1, 0.15) is 26.2 Å². The third kappa shape index (κ3) is 2.21. The maximum absolute atomic E-state index is 12.0. The van der Waals surface area contributed by atoms with Crippen molar-refractivity contribution in [1.29, 1.82) is 0 Å². The normalized spacial score (nSPS) is 17.1. The molecule has 1 aromatic heterocycles. The van der Waals surface area contributed by atoms with Crippen molar-refractivity contribution in [3.63, 3.8) is 0 Å². The molecule has 1 aliphatic carbocycles. The predicted molar refractivity (Wildman–Crippen MR) is 65.1 cm³/mol. The van der Waals surface area contributed by atoms with E-state index < -0.39 is 0 Å². The smallest absolute Gasteiger partial charge is 0.293 e. The zero-order valence-corrected chi connectivity index (χ0v) is 10.1.